The van der Waals surface area contributed by atoms with Crippen molar-refractivity contribution < 1.29 is 19.1 Å². The second kappa shape index (κ2) is 6.92. The number of hydrazine groups is 1. The third kappa shape index (κ3) is 3.56. The van der Waals surface area contributed by atoms with Gasteiger partial charge in [-0.2, -0.15) is 5.01 Å². The lowest BCUT2D eigenvalue weighted by Crippen LogP contribution is -2.53. The van der Waals surface area contributed by atoms with E-state index in [2.05, 4.69) is 10.7 Å². The Hall–Kier alpha value is -2.28. The fourth-order valence-electron chi connectivity index (χ4n) is 3.22. The average Bonchev–Trinajstić information content (AvgIpc) is 2.79. The van der Waals surface area contributed by atoms with E-state index < -0.39 is 29.5 Å². The van der Waals surface area contributed by atoms with E-state index in [1.165, 1.54) is 6.92 Å². The molecule has 1 saturated heterocycles. The molecular weight excluding hydrogens is 346 g/mol. The Kier molecular flexibility index (Phi) is 4.85. The molecular formula is C17H20ClN3O4. The maximum atomic E-state index is 12.6. The van der Waals surface area contributed by atoms with Gasteiger partial charge in [0, 0.05) is 5.02 Å². The second-order valence-electron chi connectivity index (χ2n) is 6.41. The van der Waals surface area contributed by atoms with Gasteiger partial charge in [-0.05, 0) is 38.0 Å². The molecule has 1 saturated carbocycles. The van der Waals surface area contributed by atoms with Crippen LogP contribution in [-0.2, 0) is 9.59 Å². The lowest BCUT2D eigenvalue weighted by atomic mass is 9.82. The molecule has 0 radical (unpaired) electrons. The summed E-state index contributed by atoms with van der Waals surface area (Å²) in [6.07, 6.45) is 3.09. The van der Waals surface area contributed by atoms with Crippen LogP contribution < -0.4 is 15.5 Å². The number of halogens is 1. The monoisotopic (exact) mass is 365 g/mol. The summed E-state index contributed by atoms with van der Waals surface area (Å²) in [5.74, 6) is -0.562. The first-order chi connectivity index (χ1) is 11.9. The molecule has 7 nitrogen and oxygen atoms in total. The van der Waals surface area contributed by atoms with Crippen molar-refractivity contribution >= 4 is 29.4 Å². The first-order valence-electron chi connectivity index (χ1n) is 8.31. The van der Waals surface area contributed by atoms with Gasteiger partial charge >= 0.3 is 6.03 Å². The number of benzene rings is 1. The summed E-state index contributed by atoms with van der Waals surface area (Å²) in [5, 5.41) is 3.99. The Morgan fingerprint density at radius 1 is 1.32 bits per heavy atom. The summed E-state index contributed by atoms with van der Waals surface area (Å²) in [4.78, 5) is 37.1. The fraction of sp³-hybridized carbons (Fsp3) is 0.471. The van der Waals surface area contributed by atoms with Crippen molar-refractivity contribution in [2.75, 3.05) is 0 Å². The summed E-state index contributed by atoms with van der Waals surface area (Å²) in [6.45, 7) is 1.53. The highest BCUT2D eigenvalue weighted by atomic mass is 35.5. The van der Waals surface area contributed by atoms with E-state index in [4.69, 9.17) is 16.3 Å². The summed E-state index contributed by atoms with van der Waals surface area (Å²) >= 11 is 5.88. The van der Waals surface area contributed by atoms with Gasteiger partial charge in [0.25, 0.3) is 11.8 Å². The van der Waals surface area contributed by atoms with Crippen molar-refractivity contribution in [2.45, 2.75) is 50.7 Å². The van der Waals surface area contributed by atoms with Crippen molar-refractivity contribution in [1.29, 1.82) is 0 Å². The highest BCUT2D eigenvalue weighted by Crippen LogP contribution is 2.33. The van der Waals surface area contributed by atoms with Crippen LogP contribution >= 0.6 is 11.6 Å². The van der Waals surface area contributed by atoms with Gasteiger partial charge < -0.3 is 10.1 Å². The van der Waals surface area contributed by atoms with E-state index in [1.54, 1.807) is 24.3 Å². The smallest absolute Gasteiger partial charge is 0.344 e. The van der Waals surface area contributed by atoms with Crippen LogP contribution in [0, 0.1) is 0 Å². The maximum absolute atomic E-state index is 12.6. The van der Waals surface area contributed by atoms with Gasteiger partial charge in [0.15, 0.2) is 6.10 Å². The van der Waals surface area contributed by atoms with E-state index in [0.29, 0.717) is 23.6 Å². The minimum atomic E-state index is -0.901. The van der Waals surface area contributed by atoms with Gasteiger partial charge in [-0.1, -0.05) is 36.9 Å². The van der Waals surface area contributed by atoms with Crippen LogP contribution in [0.2, 0.25) is 5.02 Å². The molecule has 1 aliphatic carbocycles. The van der Waals surface area contributed by atoms with Gasteiger partial charge in [0.2, 0.25) is 0 Å². The predicted octanol–water partition coefficient (Wildman–Crippen LogP) is 2.39. The van der Waals surface area contributed by atoms with E-state index in [1.807, 2.05) is 0 Å². The zero-order valence-electron chi connectivity index (χ0n) is 13.9. The van der Waals surface area contributed by atoms with Crippen LogP contribution in [0.5, 0.6) is 5.75 Å². The van der Waals surface area contributed by atoms with Crippen LogP contribution in [0.1, 0.15) is 39.0 Å². The fourth-order valence-corrected chi connectivity index (χ4v) is 3.40. The maximum Gasteiger partial charge on any atom is 0.344 e. The Labute approximate surface area is 150 Å². The van der Waals surface area contributed by atoms with E-state index >= 15 is 0 Å². The molecule has 4 amide bonds. The van der Waals surface area contributed by atoms with Gasteiger partial charge in [0.05, 0.1) is 0 Å². The number of rotatable bonds is 4. The molecule has 25 heavy (non-hydrogen) atoms. The Morgan fingerprint density at radius 3 is 2.72 bits per heavy atom. The van der Waals surface area contributed by atoms with Crippen LogP contribution in [0.15, 0.2) is 24.3 Å². The lowest BCUT2D eigenvalue weighted by molar-refractivity contribution is -0.142. The van der Waals surface area contributed by atoms with Crippen LogP contribution in [-0.4, -0.2) is 34.5 Å². The number of urea groups is 1. The number of nitrogens with one attached hydrogen (secondary N) is 2. The molecule has 1 heterocycles. The Bertz CT molecular complexity index is 703. The van der Waals surface area contributed by atoms with Crippen molar-refractivity contribution in [1.82, 2.24) is 15.8 Å². The first-order valence-corrected chi connectivity index (χ1v) is 8.68. The highest BCUT2D eigenvalue weighted by molar-refractivity contribution is 6.30. The third-order valence-corrected chi connectivity index (χ3v) is 4.80. The summed E-state index contributed by atoms with van der Waals surface area (Å²) in [6, 6.07) is 6.04. The van der Waals surface area contributed by atoms with Gasteiger partial charge in [-0.3, -0.25) is 15.0 Å². The molecule has 1 aromatic carbocycles. The molecule has 0 aromatic heterocycles. The zero-order chi connectivity index (χ0) is 18.0. The third-order valence-electron chi connectivity index (χ3n) is 4.57. The first kappa shape index (κ1) is 17.5. The number of carbonyl (C=O) groups is 3. The standard InChI is InChI=1S/C17H20ClN3O4/c1-11(25-13-7-5-6-12(18)10-13)14(22)20-21-15(23)17(19-16(21)24)8-3-2-4-9-17/h5-7,10-11H,2-4,8-9H2,1H3,(H,19,24)(H,20,22). The van der Waals surface area contributed by atoms with Gasteiger partial charge in [0.1, 0.15) is 11.3 Å². The number of carbonyl (C=O) groups excluding carboxylic acids is 3. The van der Waals surface area contributed by atoms with E-state index in [0.717, 1.165) is 24.3 Å². The molecule has 1 unspecified atom stereocenters. The molecule has 8 heteroatoms. The summed E-state index contributed by atoms with van der Waals surface area (Å²) < 4.78 is 5.51. The molecule has 1 spiro atoms. The number of hydrogen-bond acceptors (Lipinski definition) is 4. The number of hydrogen-bond donors (Lipinski definition) is 2. The molecule has 2 aliphatic rings. The molecule has 0 bridgehead atoms. The molecule has 134 valence electrons. The Balaban J connectivity index is 1.64. The number of ether oxygens (including phenoxy) is 1. The van der Waals surface area contributed by atoms with Crippen LogP contribution in [0.4, 0.5) is 4.79 Å². The molecule has 2 fully saturated rings. The average molecular weight is 366 g/mol. The minimum Gasteiger partial charge on any atom is -0.481 e. The molecule has 1 atom stereocenters. The largest absolute Gasteiger partial charge is 0.481 e. The Morgan fingerprint density at radius 2 is 2.04 bits per heavy atom. The number of amides is 4. The number of imide groups is 1. The van der Waals surface area contributed by atoms with E-state index in [-0.39, 0.29) is 0 Å². The SMILES string of the molecule is CC(Oc1cccc(Cl)c1)C(=O)NN1C(=O)NC2(CCCCC2)C1=O. The topological polar surface area (TPSA) is 87.7 Å². The predicted molar refractivity (Wildman–Crippen MR) is 90.9 cm³/mol. The van der Waals surface area contributed by atoms with Crippen molar-refractivity contribution in [2.24, 2.45) is 0 Å². The molecule has 3 rings (SSSR count). The molecule has 1 aromatic rings. The summed E-state index contributed by atoms with van der Waals surface area (Å²) in [5.41, 5.74) is 1.48. The van der Waals surface area contributed by atoms with Crippen molar-refractivity contribution in [3.05, 3.63) is 29.3 Å². The van der Waals surface area contributed by atoms with Crippen LogP contribution in [0.25, 0.3) is 0 Å². The van der Waals surface area contributed by atoms with Gasteiger partial charge in [-0.25, -0.2) is 4.79 Å². The van der Waals surface area contributed by atoms with Crippen LogP contribution in [0.3, 0.4) is 0 Å². The van der Waals surface area contributed by atoms with Crippen molar-refractivity contribution in [3.8, 4) is 5.75 Å². The lowest BCUT2D eigenvalue weighted by Gasteiger charge is -2.30. The quantitative estimate of drug-likeness (QED) is 0.802. The van der Waals surface area contributed by atoms with E-state index in [9.17, 15) is 14.4 Å². The molecule has 2 N–H and O–H groups in total. The number of nitrogens with zero attached hydrogens (tertiary/aromatic N) is 1. The highest BCUT2D eigenvalue weighted by Gasteiger charge is 2.52. The van der Waals surface area contributed by atoms with Crippen molar-refractivity contribution in [3.63, 3.8) is 0 Å². The second-order valence-corrected chi connectivity index (χ2v) is 6.84. The summed E-state index contributed by atoms with van der Waals surface area (Å²) in [7, 11) is 0. The van der Waals surface area contributed by atoms with Gasteiger partial charge in [-0.15, -0.1) is 0 Å². The minimum absolute atomic E-state index is 0.402. The zero-order valence-corrected chi connectivity index (χ0v) is 14.6. The normalized spacial score (nSPS) is 20.3. The molecule has 1 aliphatic heterocycles.